The topological polar surface area (TPSA) is 58.6 Å². The normalized spacial score (nSPS) is 19.5. The number of nitrogens with zero attached hydrogens (tertiary/aromatic N) is 1. The van der Waals surface area contributed by atoms with Crippen molar-refractivity contribution >= 4 is 6.21 Å². The Balaban J connectivity index is 2.05. The Bertz CT molecular complexity index is 339. The summed E-state index contributed by atoms with van der Waals surface area (Å²) in [5.41, 5.74) is 6.85. The maximum atomic E-state index is 8.76. The van der Waals surface area contributed by atoms with Crippen LogP contribution < -0.4 is 5.73 Å². The Kier molecular flexibility index (Phi) is 12.2. The molecule has 0 aromatic rings. The fourth-order valence-electron chi connectivity index (χ4n) is 4.59. The summed E-state index contributed by atoms with van der Waals surface area (Å²) in [7, 11) is 0. The third-order valence-corrected chi connectivity index (χ3v) is 6.50. The van der Waals surface area contributed by atoms with Gasteiger partial charge in [0.25, 0.3) is 0 Å². The second-order valence-electron chi connectivity index (χ2n) is 8.39. The van der Waals surface area contributed by atoms with E-state index in [-0.39, 0.29) is 5.54 Å². The van der Waals surface area contributed by atoms with Crippen molar-refractivity contribution in [1.82, 2.24) is 0 Å². The second-order valence-corrected chi connectivity index (χ2v) is 8.39. The van der Waals surface area contributed by atoms with Gasteiger partial charge in [-0.05, 0) is 50.4 Å². The highest BCUT2D eigenvalue weighted by molar-refractivity contribution is 5.59. The quantitative estimate of drug-likeness (QED) is 0.150. The monoisotopic (exact) mass is 352 g/mol. The lowest BCUT2D eigenvalue weighted by Gasteiger charge is -2.35. The minimum Gasteiger partial charge on any atom is -0.411 e. The smallest absolute Gasteiger partial charge is 0.0466 e. The predicted molar refractivity (Wildman–Crippen MR) is 109 cm³/mol. The molecular weight excluding hydrogens is 308 g/mol. The van der Waals surface area contributed by atoms with Crippen molar-refractivity contribution in [2.45, 2.75) is 122 Å². The van der Waals surface area contributed by atoms with Crippen LogP contribution in [0.5, 0.6) is 0 Å². The number of oxime groups is 1. The van der Waals surface area contributed by atoms with Crippen LogP contribution in [0.4, 0.5) is 0 Å². The van der Waals surface area contributed by atoms with Crippen molar-refractivity contribution in [3.05, 3.63) is 0 Å². The molecule has 1 fully saturated rings. The SMILES string of the molecule is CCCCC(C=NO)CCCCCCCCC(N)(CC)C1CCCC1. The predicted octanol–water partition coefficient (Wildman–Crippen LogP) is 6.67. The van der Waals surface area contributed by atoms with Gasteiger partial charge < -0.3 is 10.9 Å². The van der Waals surface area contributed by atoms with Crippen LogP contribution in [0.15, 0.2) is 5.16 Å². The molecule has 0 saturated heterocycles. The Morgan fingerprint density at radius 3 is 2.20 bits per heavy atom. The molecule has 2 unspecified atom stereocenters. The van der Waals surface area contributed by atoms with E-state index in [2.05, 4.69) is 19.0 Å². The summed E-state index contributed by atoms with van der Waals surface area (Å²) in [6.45, 7) is 4.50. The third-order valence-electron chi connectivity index (χ3n) is 6.50. The van der Waals surface area contributed by atoms with Gasteiger partial charge in [0.2, 0.25) is 0 Å². The average Bonchev–Trinajstić information content (AvgIpc) is 3.17. The lowest BCUT2D eigenvalue weighted by molar-refractivity contribution is 0.239. The van der Waals surface area contributed by atoms with E-state index in [1.54, 1.807) is 6.21 Å². The molecule has 1 saturated carbocycles. The molecule has 148 valence electrons. The highest BCUT2D eigenvalue weighted by Crippen LogP contribution is 2.37. The molecule has 0 heterocycles. The van der Waals surface area contributed by atoms with Gasteiger partial charge in [-0.15, -0.1) is 5.16 Å². The molecule has 0 aromatic heterocycles. The molecule has 1 aliphatic rings. The van der Waals surface area contributed by atoms with Crippen LogP contribution in [0, 0.1) is 11.8 Å². The third kappa shape index (κ3) is 9.08. The van der Waals surface area contributed by atoms with E-state index in [0.29, 0.717) is 5.92 Å². The zero-order chi connectivity index (χ0) is 18.4. The number of hydrogen-bond acceptors (Lipinski definition) is 3. The molecule has 1 rings (SSSR count). The highest BCUT2D eigenvalue weighted by atomic mass is 16.4. The summed E-state index contributed by atoms with van der Waals surface area (Å²) in [4.78, 5) is 0. The van der Waals surface area contributed by atoms with Crippen LogP contribution in [0.1, 0.15) is 117 Å². The molecule has 3 heteroatoms. The van der Waals surface area contributed by atoms with Gasteiger partial charge in [-0.3, -0.25) is 0 Å². The summed E-state index contributed by atoms with van der Waals surface area (Å²) in [5, 5.41) is 12.0. The van der Waals surface area contributed by atoms with Gasteiger partial charge in [-0.1, -0.05) is 78.1 Å². The molecular formula is C22H44N2O. The van der Waals surface area contributed by atoms with E-state index < -0.39 is 0 Å². The van der Waals surface area contributed by atoms with Crippen molar-refractivity contribution in [1.29, 1.82) is 0 Å². The largest absolute Gasteiger partial charge is 0.411 e. The van der Waals surface area contributed by atoms with Crippen LogP contribution in [0.25, 0.3) is 0 Å². The summed E-state index contributed by atoms with van der Waals surface area (Å²) < 4.78 is 0. The molecule has 3 N–H and O–H groups in total. The van der Waals surface area contributed by atoms with Crippen molar-refractivity contribution in [3.63, 3.8) is 0 Å². The van der Waals surface area contributed by atoms with Crippen LogP contribution >= 0.6 is 0 Å². The zero-order valence-corrected chi connectivity index (χ0v) is 17.0. The van der Waals surface area contributed by atoms with Gasteiger partial charge in [-0.2, -0.15) is 0 Å². The number of unbranched alkanes of at least 4 members (excludes halogenated alkanes) is 6. The Hall–Kier alpha value is -0.570. The first kappa shape index (κ1) is 22.5. The van der Waals surface area contributed by atoms with Crippen LogP contribution in [0.2, 0.25) is 0 Å². The second kappa shape index (κ2) is 13.6. The van der Waals surface area contributed by atoms with E-state index >= 15 is 0 Å². The van der Waals surface area contributed by atoms with E-state index in [4.69, 9.17) is 10.9 Å². The van der Waals surface area contributed by atoms with E-state index in [9.17, 15) is 0 Å². The molecule has 0 spiro atoms. The fourth-order valence-corrected chi connectivity index (χ4v) is 4.59. The van der Waals surface area contributed by atoms with E-state index in [1.807, 2.05) is 0 Å². The molecule has 1 aliphatic carbocycles. The maximum Gasteiger partial charge on any atom is 0.0466 e. The lowest BCUT2D eigenvalue weighted by atomic mass is 9.77. The van der Waals surface area contributed by atoms with E-state index in [0.717, 1.165) is 18.8 Å². The van der Waals surface area contributed by atoms with Gasteiger partial charge >= 0.3 is 0 Å². The minimum absolute atomic E-state index is 0.118. The van der Waals surface area contributed by atoms with Crippen molar-refractivity contribution in [3.8, 4) is 0 Å². The van der Waals surface area contributed by atoms with Gasteiger partial charge in [0.05, 0.1) is 0 Å². The molecule has 0 bridgehead atoms. The standard InChI is InChI=1S/C22H44N2O/c1-3-5-14-20(19-24-25)15-10-8-6-7-9-13-18-22(23,4-2)21-16-11-12-17-21/h19-21,25H,3-18,23H2,1-2H3. The Morgan fingerprint density at radius 2 is 1.60 bits per heavy atom. The summed E-state index contributed by atoms with van der Waals surface area (Å²) in [6.07, 6.45) is 22.3. The average molecular weight is 353 g/mol. The molecule has 3 nitrogen and oxygen atoms in total. The lowest BCUT2D eigenvalue weighted by Crippen LogP contribution is -2.45. The number of hydrogen-bond donors (Lipinski definition) is 2. The number of nitrogens with two attached hydrogens (primary N) is 1. The van der Waals surface area contributed by atoms with Crippen LogP contribution in [0.3, 0.4) is 0 Å². The van der Waals surface area contributed by atoms with Crippen molar-refractivity contribution in [2.24, 2.45) is 22.7 Å². The molecule has 0 aliphatic heterocycles. The summed E-state index contributed by atoms with van der Waals surface area (Å²) >= 11 is 0. The van der Waals surface area contributed by atoms with Crippen LogP contribution in [-0.2, 0) is 0 Å². The van der Waals surface area contributed by atoms with Gasteiger partial charge in [-0.25, -0.2) is 0 Å². The van der Waals surface area contributed by atoms with Crippen molar-refractivity contribution < 1.29 is 5.21 Å². The summed E-state index contributed by atoms with van der Waals surface area (Å²) in [6, 6.07) is 0. The Morgan fingerprint density at radius 1 is 1.00 bits per heavy atom. The van der Waals surface area contributed by atoms with Gasteiger partial charge in [0.15, 0.2) is 0 Å². The molecule has 25 heavy (non-hydrogen) atoms. The molecule has 2 atom stereocenters. The number of rotatable bonds is 15. The Labute approximate surface area is 156 Å². The highest BCUT2D eigenvalue weighted by Gasteiger charge is 2.34. The molecule has 0 aromatic carbocycles. The maximum absolute atomic E-state index is 8.76. The van der Waals surface area contributed by atoms with Gasteiger partial charge in [0.1, 0.15) is 0 Å². The minimum atomic E-state index is 0.118. The van der Waals surface area contributed by atoms with Gasteiger partial charge in [0, 0.05) is 11.8 Å². The zero-order valence-electron chi connectivity index (χ0n) is 17.0. The van der Waals surface area contributed by atoms with E-state index in [1.165, 1.54) is 89.9 Å². The first-order chi connectivity index (χ1) is 12.2. The first-order valence-electron chi connectivity index (χ1n) is 11.1. The molecule has 0 amide bonds. The molecule has 0 radical (unpaired) electrons. The fraction of sp³-hybridized carbons (Fsp3) is 0.955. The van der Waals surface area contributed by atoms with Crippen molar-refractivity contribution in [2.75, 3.05) is 0 Å². The summed E-state index contributed by atoms with van der Waals surface area (Å²) in [5.74, 6) is 1.25. The van der Waals surface area contributed by atoms with Crippen LogP contribution in [-0.4, -0.2) is 17.0 Å². The first-order valence-corrected chi connectivity index (χ1v) is 11.1.